The molecule has 0 atom stereocenters. The van der Waals surface area contributed by atoms with Gasteiger partial charge in [-0.05, 0) is 29.5 Å². The fourth-order valence-electron chi connectivity index (χ4n) is 1.31. The first kappa shape index (κ1) is 11.1. The van der Waals surface area contributed by atoms with E-state index in [9.17, 15) is 0 Å². The Bertz CT molecular complexity index is 259. The van der Waals surface area contributed by atoms with Crippen LogP contribution in [0.2, 0.25) is 0 Å². The molecule has 0 unspecified atom stereocenters. The van der Waals surface area contributed by atoms with Crippen LogP contribution in [-0.4, -0.2) is 6.54 Å². The van der Waals surface area contributed by atoms with E-state index >= 15 is 0 Å². The summed E-state index contributed by atoms with van der Waals surface area (Å²) in [5.74, 6) is 1.31. The zero-order valence-electron chi connectivity index (χ0n) is 9.67. The average Bonchev–Trinajstić information content (AvgIpc) is 2.15. The van der Waals surface area contributed by atoms with E-state index in [1.807, 2.05) is 0 Å². The Labute approximate surface area is 87.5 Å². The van der Waals surface area contributed by atoms with E-state index in [1.165, 1.54) is 11.3 Å². The molecule has 1 N–H and O–H groups in total. The van der Waals surface area contributed by atoms with Crippen LogP contribution < -0.4 is 5.32 Å². The van der Waals surface area contributed by atoms with Crippen LogP contribution in [-0.2, 0) is 0 Å². The maximum absolute atomic E-state index is 3.41. The summed E-state index contributed by atoms with van der Waals surface area (Å²) in [5.41, 5.74) is 2.63. The summed E-state index contributed by atoms with van der Waals surface area (Å²) >= 11 is 0. The van der Waals surface area contributed by atoms with E-state index in [1.54, 1.807) is 0 Å². The van der Waals surface area contributed by atoms with Crippen LogP contribution in [0.1, 0.15) is 39.2 Å². The van der Waals surface area contributed by atoms with Gasteiger partial charge in [-0.3, -0.25) is 0 Å². The summed E-state index contributed by atoms with van der Waals surface area (Å²) in [6.07, 6.45) is 0. The van der Waals surface area contributed by atoms with E-state index in [0.29, 0.717) is 11.8 Å². The Kier molecular flexibility index (Phi) is 3.99. The minimum absolute atomic E-state index is 0.620. The van der Waals surface area contributed by atoms with E-state index in [-0.39, 0.29) is 0 Å². The van der Waals surface area contributed by atoms with Crippen LogP contribution in [0.15, 0.2) is 24.3 Å². The van der Waals surface area contributed by atoms with Gasteiger partial charge < -0.3 is 5.32 Å². The van der Waals surface area contributed by atoms with Crippen LogP contribution in [0.25, 0.3) is 0 Å². The average molecular weight is 191 g/mol. The molecule has 1 nitrogen and oxygen atoms in total. The Morgan fingerprint density at radius 1 is 1.00 bits per heavy atom. The second kappa shape index (κ2) is 5.04. The quantitative estimate of drug-likeness (QED) is 0.761. The highest BCUT2D eigenvalue weighted by molar-refractivity contribution is 5.45. The molecule has 78 valence electrons. The van der Waals surface area contributed by atoms with Gasteiger partial charge in [0.1, 0.15) is 0 Å². The number of hydrogen-bond acceptors (Lipinski definition) is 1. The molecule has 0 saturated heterocycles. The Balaban J connectivity index is 2.55. The number of rotatable bonds is 4. The van der Waals surface area contributed by atoms with Crippen molar-refractivity contribution in [1.29, 1.82) is 0 Å². The van der Waals surface area contributed by atoms with E-state index in [4.69, 9.17) is 0 Å². The van der Waals surface area contributed by atoms with Crippen LogP contribution in [0, 0.1) is 5.92 Å². The van der Waals surface area contributed by atoms with Crippen molar-refractivity contribution in [2.24, 2.45) is 5.92 Å². The van der Waals surface area contributed by atoms with Gasteiger partial charge in [0.25, 0.3) is 0 Å². The summed E-state index contributed by atoms with van der Waals surface area (Å²) in [5, 5.41) is 3.41. The standard InChI is InChI=1S/C13H21N/c1-10(2)9-14-13-7-5-12(6-8-13)11(3)4/h5-8,10-11,14H,9H2,1-4H3. The Morgan fingerprint density at radius 2 is 1.57 bits per heavy atom. The third-order valence-corrected chi connectivity index (χ3v) is 2.29. The minimum Gasteiger partial charge on any atom is -0.385 e. The summed E-state index contributed by atoms with van der Waals surface area (Å²) in [6.45, 7) is 9.92. The van der Waals surface area contributed by atoms with Crippen LogP contribution in [0.3, 0.4) is 0 Å². The fraction of sp³-hybridized carbons (Fsp3) is 0.538. The SMILES string of the molecule is CC(C)CNc1ccc(C(C)C)cc1. The molecule has 0 aliphatic heterocycles. The summed E-state index contributed by atoms with van der Waals surface area (Å²) in [4.78, 5) is 0. The lowest BCUT2D eigenvalue weighted by atomic mass is 10.0. The van der Waals surface area contributed by atoms with Crippen molar-refractivity contribution in [3.8, 4) is 0 Å². The van der Waals surface area contributed by atoms with Gasteiger partial charge in [0.05, 0.1) is 0 Å². The van der Waals surface area contributed by atoms with Crippen molar-refractivity contribution < 1.29 is 0 Å². The Morgan fingerprint density at radius 3 is 2.00 bits per heavy atom. The maximum atomic E-state index is 3.41. The zero-order chi connectivity index (χ0) is 10.6. The topological polar surface area (TPSA) is 12.0 Å². The molecule has 0 aliphatic rings. The number of anilines is 1. The summed E-state index contributed by atoms with van der Waals surface area (Å²) in [6, 6.07) is 8.73. The number of benzene rings is 1. The van der Waals surface area contributed by atoms with Gasteiger partial charge in [-0.2, -0.15) is 0 Å². The summed E-state index contributed by atoms with van der Waals surface area (Å²) < 4.78 is 0. The lowest BCUT2D eigenvalue weighted by Crippen LogP contribution is -2.07. The van der Waals surface area contributed by atoms with E-state index < -0.39 is 0 Å². The van der Waals surface area contributed by atoms with Gasteiger partial charge in [-0.1, -0.05) is 39.8 Å². The lowest BCUT2D eigenvalue weighted by molar-refractivity contribution is 0.689. The molecule has 1 aromatic carbocycles. The molecule has 1 aromatic rings. The maximum Gasteiger partial charge on any atom is 0.0340 e. The molecule has 0 aromatic heterocycles. The predicted octanol–water partition coefficient (Wildman–Crippen LogP) is 3.88. The lowest BCUT2D eigenvalue weighted by Gasteiger charge is -2.10. The summed E-state index contributed by atoms with van der Waals surface area (Å²) in [7, 11) is 0. The smallest absolute Gasteiger partial charge is 0.0340 e. The normalized spacial score (nSPS) is 11.0. The van der Waals surface area contributed by atoms with Crippen molar-refractivity contribution in [3.63, 3.8) is 0 Å². The molecule has 0 heterocycles. The zero-order valence-corrected chi connectivity index (χ0v) is 9.67. The second-order valence-electron chi connectivity index (χ2n) is 4.55. The minimum atomic E-state index is 0.620. The largest absolute Gasteiger partial charge is 0.385 e. The predicted molar refractivity (Wildman–Crippen MR) is 63.9 cm³/mol. The van der Waals surface area contributed by atoms with Gasteiger partial charge in [0, 0.05) is 12.2 Å². The van der Waals surface area contributed by atoms with Crippen LogP contribution in [0.4, 0.5) is 5.69 Å². The second-order valence-corrected chi connectivity index (χ2v) is 4.55. The van der Waals surface area contributed by atoms with Gasteiger partial charge >= 0.3 is 0 Å². The monoisotopic (exact) mass is 191 g/mol. The first-order valence-electron chi connectivity index (χ1n) is 5.43. The molecule has 0 aliphatic carbocycles. The van der Waals surface area contributed by atoms with Crippen molar-refractivity contribution >= 4 is 5.69 Å². The van der Waals surface area contributed by atoms with E-state index in [2.05, 4.69) is 57.3 Å². The molecule has 0 bridgehead atoms. The van der Waals surface area contributed by atoms with Gasteiger partial charge in [0.15, 0.2) is 0 Å². The molecule has 0 spiro atoms. The molecule has 1 rings (SSSR count). The van der Waals surface area contributed by atoms with Gasteiger partial charge in [0.2, 0.25) is 0 Å². The molecular formula is C13H21N. The third kappa shape index (κ3) is 3.41. The molecule has 1 heteroatoms. The molecule has 0 saturated carbocycles. The first-order chi connectivity index (χ1) is 6.59. The molecular weight excluding hydrogens is 170 g/mol. The van der Waals surface area contributed by atoms with E-state index in [0.717, 1.165) is 6.54 Å². The van der Waals surface area contributed by atoms with Crippen LogP contribution >= 0.6 is 0 Å². The van der Waals surface area contributed by atoms with Gasteiger partial charge in [-0.25, -0.2) is 0 Å². The van der Waals surface area contributed by atoms with Crippen molar-refractivity contribution in [2.75, 3.05) is 11.9 Å². The molecule has 0 fully saturated rings. The number of hydrogen-bond donors (Lipinski definition) is 1. The third-order valence-electron chi connectivity index (χ3n) is 2.29. The van der Waals surface area contributed by atoms with Crippen molar-refractivity contribution in [3.05, 3.63) is 29.8 Å². The highest BCUT2D eigenvalue weighted by Crippen LogP contribution is 2.17. The molecule has 0 amide bonds. The highest BCUT2D eigenvalue weighted by atomic mass is 14.9. The highest BCUT2D eigenvalue weighted by Gasteiger charge is 1.98. The van der Waals surface area contributed by atoms with Gasteiger partial charge in [-0.15, -0.1) is 0 Å². The van der Waals surface area contributed by atoms with Crippen molar-refractivity contribution in [1.82, 2.24) is 0 Å². The fourth-order valence-corrected chi connectivity index (χ4v) is 1.31. The molecule has 0 radical (unpaired) electrons. The number of nitrogens with one attached hydrogen (secondary N) is 1. The molecule has 14 heavy (non-hydrogen) atoms. The van der Waals surface area contributed by atoms with Crippen LogP contribution in [0.5, 0.6) is 0 Å². The van der Waals surface area contributed by atoms with Crippen molar-refractivity contribution in [2.45, 2.75) is 33.6 Å². The first-order valence-corrected chi connectivity index (χ1v) is 5.43. The Hall–Kier alpha value is -0.980.